The topological polar surface area (TPSA) is 164 Å². The number of nitrogens with zero attached hydrogens (tertiary/aromatic N) is 6. The van der Waals surface area contributed by atoms with Gasteiger partial charge in [-0.15, -0.1) is 0 Å². The van der Waals surface area contributed by atoms with Gasteiger partial charge in [-0.3, -0.25) is 4.68 Å². The molecule has 5 aliphatic rings. The van der Waals surface area contributed by atoms with Crippen LogP contribution in [0.1, 0.15) is 123 Å². The van der Waals surface area contributed by atoms with Crippen molar-refractivity contribution in [3.8, 4) is 11.1 Å². The zero-order valence-electron chi connectivity index (χ0n) is 30.6. The molecule has 0 radical (unpaired) electrons. The molecule has 4 bridgehead atoms. The van der Waals surface area contributed by atoms with Gasteiger partial charge in [-0.25, -0.2) is 14.6 Å². The molecule has 1 aromatic carbocycles. The molecule has 2 aromatic heterocycles. The van der Waals surface area contributed by atoms with E-state index >= 15 is 0 Å². The molecule has 3 aromatic rings. The number of carboxylic acid groups (broad SMARTS) is 1. The summed E-state index contributed by atoms with van der Waals surface area (Å²) in [5.74, 6) is -1.55. The lowest BCUT2D eigenvalue weighted by atomic mass is 9.39. The highest BCUT2D eigenvalue weighted by Crippen LogP contribution is 2.72. The fourth-order valence-electron chi connectivity index (χ4n) is 11.1. The Hall–Kier alpha value is -4.25. The number of ether oxygens (including phenoxy) is 2. The number of carboxylic acids is 1. The van der Waals surface area contributed by atoms with E-state index in [9.17, 15) is 14.7 Å². The lowest BCUT2D eigenvalue weighted by Crippen LogP contribution is -2.64. The average Bonchev–Trinajstić information content (AvgIpc) is 3.38. The standard InChI is InChI=1S/C39H49N7O5/c1-24-28(16-43-46(24)23-38-18-36(5)17-37(6,19-38)21-39(20-36,22-38)50-15-14-42-45-40)26-10-11-29(44-31(26)34(49)51-35(2,3)4)32-30-25(12-13-41-32)8-7-9-27(30)33(47)48/h7-11,16,32,41H,12-15,17-23H2,1-6H3,(H,47,48). The van der Waals surface area contributed by atoms with Crippen LogP contribution in [0.5, 0.6) is 0 Å². The minimum atomic E-state index is -1.000. The molecule has 0 saturated heterocycles. The number of carbonyl (C=O) groups is 2. The predicted molar refractivity (Wildman–Crippen MR) is 191 cm³/mol. The molecule has 3 heterocycles. The lowest BCUT2D eigenvalue weighted by Gasteiger charge is -2.69. The van der Waals surface area contributed by atoms with Gasteiger partial charge in [0.15, 0.2) is 5.69 Å². The number of hydrogen-bond acceptors (Lipinski definition) is 8. The maximum absolute atomic E-state index is 13.9. The molecule has 4 aliphatic carbocycles. The van der Waals surface area contributed by atoms with E-state index in [-0.39, 0.29) is 33.1 Å². The van der Waals surface area contributed by atoms with Crippen LogP contribution in [-0.4, -0.2) is 62.7 Å². The van der Waals surface area contributed by atoms with Gasteiger partial charge in [0.05, 0.1) is 35.7 Å². The predicted octanol–water partition coefficient (Wildman–Crippen LogP) is 7.59. The van der Waals surface area contributed by atoms with E-state index in [1.54, 1.807) is 12.1 Å². The number of azide groups is 1. The summed E-state index contributed by atoms with van der Waals surface area (Å²) in [6, 6.07) is 8.62. The van der Waals surface area contributed by atoms with Gasteiger partial charge in [0, 0.05) is 41.4 Å². The molecule has 0 spiro atoms. The van der Waals surface area contributed by atoms with Crippen LogP contribution in [0.3, 0.4) is 0 Å². The van der Waals surface area contributed by atoms with Gasteiger partial charge >= 0.3 is 11.9 Å². The monoisotopic (exact) mass is 695 g/mol. The minimum Gasteiger partial charge on any atom is -0.478 e. The van der Waals surface area contributed by atoms with Crippen molar-refractivity contribution < 1.29 is 24.2 Å². The van der Waals surface area contributed by atoms with E-state index in [0.717, 1.165) is 55.5 Å². The van der Waals surface area contributed by atoms with E-state index in [4.69, 9.17) is 25.1 Å². The number of esters is 1. The van der Waals surface area contributed by atoms with Crippen molar-refractivity contribution >= 4 is 11.9 Å². The Labute approximate surface area is 299 Å². The van der Waals surface area contributed by atoms with Crippen molar-refractivity contribution in [1.29, 1.82) is 0 Å². The summed E-state index contributed by atoms with van der Waals surface area (Å²) in [4.78, 5) is 34.0. The molecule has 0 amide bonds. The van der Waals surface area contributed by atoms with Crippen LogP contribution in [0.4, 0.5) is 0 Å². The Morgan fingerprint density at radius 3 is 2.51 bits per heavy atom. The molecular formula is C39H49N7O5. The van der Waals surface area contributed by atoms with Crippen LogP contribution in [0.15, 0.2) is 41.6 Å². The van der Waals surface area contributed by atoms with Crippen molar-refractivity contribution in [3.05, 3.63) is 80.7 Å². The summed E-state index contributed by atoms with van der Waals surface area (Å²) in [6.45, 7) is 14.5. The maximum Gasteiger partial charge on any atom is 0.358 e. The number of carbonyl (C=O) groups excluding carboxylic acids is 1. The van der Waals surface area contributed by atoms with Gasteiger partial charge in [0.1, 0.15) is 5.60 Å². The summed E-state index contributed by atoms with van der Waals surface area (Å²) in [7, 11) is 0. The van der Waals surface area contributed by atoms with Crippen LogP contribution in [0.2, 0.25) is 0 Å². The Balaban J connectivity index is 1.24. The largest absolute Gasteiger partial charge is 0.478 e. The third-order valence-corrected chi connectivity index (χ3v) is 11.5. The summed E-state index contributed by atoms with van der Waals surface area (Å²) in [5, 5.41) is 22.1. The van der Waals surface area contributed by atoms with Gasteiger partial charge in [-0.05, 0) is 124 Å². The smallest absolute Gasteiger partial charge is 0.358 e. The molecule has 12 nitrogen and oxygen atoms in total. The highest BCUT2D eigenvalue weighted by Gasteiger charge is 2.66. The lowest BCUT2D eigenvalue weighted by molar-refractivity contribution is -0.247. The Morgan fingerprint density at radius 2 is 1.82 bits per heavy atom. The SMILES string of the molecule is Cc1c(-c2ccc(C3NCCc4cccc(C(=O)O)c43)nc2C(=O)OC(C)(C)C)cnn1CC12CC3(C)CC(C)(C1)CC(OCCN=[N+]=[N-])(C3)C2. The molecular weight excluding hydrogens is 646 g/mol. The summed E-state index contributed by atoms with van der Waals surface area (Å²) in [5.41, 5.74) is 13.1. The fourth-order valence-corrected chi connectivity index (χ4v) is 11.1. The van der Waals surface area contributed by atoms with Gasteiger partial charge in [0.25, 0.3) is 0 Å². The number of pyridine rings is 1. The summed E-state index contributed by atoms with van der Waals surface area (Å²) >= 11 is 0. The second kappa shape index (κ2) is 12.5. The van der Waals surface area contributed by atoms with Crippen molar-refractivity contribution in [2.24, 2.45) is 21.4 Å². The van der Waals surface area contributed by atoms with Gasteiger partial charge < -0.3 is 19.9 Å². The zero-order valence-corrected chi connectivity index (χ0v) is 30.6. The third-order valence-electron chi connectivity index (χ3n) is 11.5. The Kier molecular flexibility index (Phi) is 8.59. The molecule has 8 rings (SSSR count). The number of benzene rings is 1. The first-order chi connectivity index (χ1) is 24.1. The molecule has 3 unspecified atom stereocenters. The minimum absolute atomic E-state index is 0.0111. The molecule has 4 saturated carbocycles. The maximum atomic E-state index is 13.9. The number of aromatic nitrogens is 3. The van der Waals surface area contributed by atoms with E-state index in [0.29, 0.717) is 42.9 Å². The van der Waals surface area contributed by atoms with Crippen LogP contribution in [0.25, 0.3) is 21.6 Å². The number of nitrogens with one attached hydrogen (secondary N) is 1. The second-order valence-corrected chi connectivity index (χ2v) is 17.4. The van der Waals surface area contributed by atoms with Crippen molar-refractivity contribution in [2.45, 2.75) is 110 Å². The number of aromatic carboxylic acids is 1. The van der Waals surface area contributed by atoms with Crippen LogP contribution in [-0.2, 0) is 22.4 Å². The number of rotatable bonds is 10. The van der Waals surface area contributed by atoms with E-state index in [2.05, 4.69) is 33.9 Å². The van der Waals surface area contributed by atoms with Crippen molar-refractivity contribution in [1.82, 2.24) is 20.1 Å². The van der Waals surface area contributed by atoms with Crippen LogP contribution >= 0.6 is 0 Å². The highest BCUT2D eigenvalue weighted by atomic mass is 16.6. The number of fused-ring (bicyclic) bond motifs is 1. The molecule has 270 valence electrons. The van der Waals surface area contributed by atoms with E-state index in [1.165, 1.54) is 6.42 Å². The Morgan fingerprint density at radius 1 is 1.08 bits per heavy atom. The van der Waals surface area contributed by atoms with Gasteiger partial charge in [0.2, 0.25) is 0 Å². The van der Waals surface area contributed by atoms with E-state index < -0.39 is 23.6 Å². The molecule has 12 heteroatoms. The molecule has 1 aliphatic heterocycles. The fraction of sp³-hybridized carbons (Fsp3) is 0.590. The Bertz CT molecular complexity index is 1920. The first kappa shape index (κ1) is 35.2. The van der Waals surface area contributed by atoms with Crippen LogP contribution < -0.4 is 5.32 Å². The van der Waals surface area contributed by atoms with E-state index in [1.807, 2.05) is 52.1 Å². The summed E-state index contributed by atoms with van der Waals surface area (Å²) < 4.78 is 14.6. The first-order valence-corrected chi connectivity index (χ1v) is 18.1. The van der Waals surface area contributed by atoms with Crippen LogP contribution in [0, 0.1) is 23.2 Å². The zero-order chi connectivity index (χ0) is 36.4. The molecule has 3 atom stereocenters. The normalized spacial score (nSPS) is 29.3. The average molecular weight is 696 g/mol. The van der Waals surface area contributed by atoms with Gasteiger partial charge in [-0.1, -0.05) is 31.1 Å². The van der Waals surface area contributed by atoms with Gasteiger partial charge in [-0.2, -0.15) is 5.10 Å². The van der Waals surface area contributed by atoms with Crippen molar-refractivity contribution in [3.63, 3.8) is 0 Å². The molecule has 4 fully saturated rings. The first-order valence-electron chi connectivity index (χ1n) is 18.1. The molecule has 2 N–H and O–H groups in total. The number of hydrogen-bond donors (Lipinski definition) is 2. The van der Waals surface area contributed by atoms with Crippen molar-refractivity contribution in [2.75, 3.05) is 19.7 Å². The highest BCUT2D eigenvalue weighted by molar-refractivity contribution is 5.96. The quantitative estimate of drug-likeness (QED) is 0.0720. The molecule has 51 heavy (non-hydrogen) atoms. The third kappa shape index (κ3) is 6.65. The summed E-state index contributed by atoms with van der Waals surface area (Å²) in [6.07, 6.45) is 8.86. The second-order valence-electron chi connectivity index (χ2n) is 17.4.